The number of amides is 1. The highest BCUT2D eigenvalue weighted by Crippen LogP contribution is 2.22. The summed E-state index contributed by atoms with van der Waals surface area (Å²) < 4.78 is 10.7. The fourth-order valence-corrected chi connectivity index (χ4v) is 2.83. The Morgan fingerprint density at radius 1 is 0.897 bits per heavy atom. The average Bonchev–Trinajstić information content (AvgIpc) is 2.75. The fraction of sp³-hybridized carbons (Fsp3) is 0.167. The number of carbonyl (C=O) groups is 2. The number of hydrogen-bond acceptors (Lipinski definition) is 4. The van der Waals surface area contributed by atoms with Crippen molar-refractivity contribution in [3.8, 4) is 5.75 Å². The van der Waals surface area contributed by atoms with E-state index < -0.39 is 18.0 Å². The highest BCUT2D eigenvalue weighted by Gasteiger charge is 2.25. The van der Waals surface area contributed by atoms with Crippen LogP contribution in [-0.4, -0.2) is 19.0 Å². The molecule has 0 spiro atoms. The number of ether oxygens (including phenoxy) is 2. The number of carbonyl (C=O) groups excluding carboxylic acids is 2. The first-order valence-corrected chi connectivity index (χ1v) is 9.30. The van der Waals surface area contributed by atoms with Gasteiger partial charge in [-0.25, -0.2) is 0 Å². The summed E-state index contributed by atoms with van der Waals surface area (Å²) in [5, 5.41) is 2.80. The van der Waals surface area contributed by atoms with E-state index in [0.29, 0.717) is 17.0 Å². The van der Waals surface area contributed by atoms with E-state index in [4.69, 9.17) is 9.47 Å². The molecule has 3 rings (SSSR count). The fourth-order valence-electron chi connectivity index (χ4n) is 2.83. The average molecular weight is 389 g/mol. The van der Waals surface area contributed by atoms with Crippen LogP contribution in [0.2, 0.25) is 0 Å². The van der Waals surface area contributed by atoms with Crippen LogP contribution in [0, 0.1) is 6.92 Å². The summed E-state index contributed by atoms with van der Waals surface area (Å²) >= 11 is 0. The summed E-state index contributed by atoms with van der Waals surface area (Å²) in [6, 6.07) is 23.6. The lowest BCUT2D eigenvalue weighted by Gasteiger charge is -2.18. The molecule has 5 nitrogen and oxygen atoms in total. The maximum Gasteiger partial charge on any atom is 0.311 e. The highest BCUT2D eigenvalue weighted by molar-refractivity contribution is 5.96. The normalized spacial score (nSPS) is 11.4. The molecule has 3 aromatic carbocycles. The van der Waals surface area contributed by atoms with Gasteiger partial charge in [0.05, 0.1) is 13.5 Å². The lowest BCUT2D eigenvalue weighted by atomic mass is 10.1. The van der Waals surface area contributed by atoms with Gasteiger partial charge in [-0.05, 0) is 36.8 Å². The Morgan fingerprint density at radius 3 is 2.17 bits per heavy atom. The standard InChI is InChI=1S/C24H23NO4/c1-17-8-10-18(11-9-17)16-22(26)29-23(19-6-4-3-5-7-19)24(27)25-20-12-14-21(28-2)15-13-20/h3-15,23H,16H2,1-2H3,(H,25,27). The highest BCUT2D eigenvalue weighted by atomic mass is 16.5. The number of hydrogen-bond donors (Lipinski definition) is 1. The molecule has 0 aromatic heterocycles. The van der Waals surface area contributed by atoms with Gasteiger partial charge in [0.2, 0.25) is 6.10 Å². The third-order valence-electron chi connectivity index (χ3n) is 4.42. The lowest BCUT2D eigenvalue weighted by Crippen LogP contribution is -2.26. The van der Waals surface area contributed by atoms with Crippen molar-refractivity contribution >= 4 is 17.6 Å². The molecule has 148 valence electrons. The number of nitrogens with one attached hydrogen (secondary N) is 1. The van der Waals surface area contributed by atoms with Crippen LogP contribution in [0.4, 0.5) is 5.69 Å². The second-order valence-electron chi connectivity index (χ2n) is 6.66. The zero-order valence-corrected chi connectivity index (χ0v) is 16.4. The minimum atomic E-state index is -1.05. The summed E-state index contributed by atoms with van der Waals surface area (Å²) in [6.45, 7) is 1.98. The van der Waals surface area contributed by atoms with Crippen molar-refractivity contribution in [2.45, 2.75) is 19.4 Å². The largest absolute Gasteiger partial charge is 0.497 e. The summed E-state index contributed by atoms with van der Waals surface area (Å²) in [6.07, 6.45) is -0.948. The van der Waals surface area contributed by atoms with E-state index in [1.165, 1.54) is 0 Å². The molecule has 0 aliphatic carbocycles. The molecule has 3 aromatic rings. The van der Waals surface area contributed by atoms with Gasteiger partial charge in [-0.3, -0.25) is 9.59 Å². The predicted octanol–water partition coefficient (Wildman–Crippen LogP) is 4.47. The predicted molar refractivity (Wildman–Crippen MR) is 112 cm³/mol. The van der Waals surface area contributed by atoms with E-state index in [-0.39, 0.29) is 6.42 Å². The molecule has 1 unspecified atom stereocenters. The second kappa shape index (κ2) is 9.55. The molecular formula is C24H23NO4. The molecule has 1 N–H and O–H groups in total. The van der Waals surface area contributed by atoms with Crippen molar-refractivity contribution < 1.29 is 19.1 Å². The van der Waals surface area contributed by atoms with Gasteiger partial charge in [-0.15, -0.1) is 0 Å². The number of aryl methyl sites for hydroxylation is 1. The quantitative estimate of drug-likeness (QED) is 0.606. The van der Waals surface area contributed by atoms with Crippen molar-refractivity contribution in [1.29, 1.82) is 0 Å². The molecular weight excluding hydrogens is 366 g/mol. The minimum absolute atomic E-state index is 0.0967. The summed E-state index contributed by atoms with van der Waals surface area (Å²) in [7, 11) is 1.58. The molecule has 29 heavy (non-hydrogen) atoms. The topological polar surface area (TPSA) is 64.6 Å². The third kappa shape index (κ3) is 5.69. The van der Waals surface area contributed by atoms with E-state index in [1.54, 1.807) is 55.6 Å². The van der Waals surface area contributed by atoms with Crippen molar-refractivity contribution in [3.63, 3.8) is 0 Å². The number of rotatable bonds is 7. The Kier molecular flexibility index (Phi) is 6.63. The maximum absolute atomic E-state index is 12.9. The van der Waals surface area contributed by atoms with Gasteiger partial charge in [0.1, 0.15) is 5.75 Å². The van der Waals surface area contributed by atoms with E-state index in [2.05, 4.69) is 5.32 Å². The number of methoxy groups -OCH3 is 1. The van der Waals surface area contributed by atoms with Crippen LogP contribution in [0.15, 0.2) is 78.9 Å². The summed E-state index contributed by atoms with van der Waals surface area (Å²) in [4.78, 5) is 25.4. The smallest absolute Gasteiger partial charge is 0.311 e. The monoisotopic (exact) mass is 389 g/mol. The molecule has 0 aliphatic rings. The van der Waals surface area contributed by atoms with Gasteiger partial charge in [-0.1, -0.05) is 60.2 Å². The Balaban J connectivity index is 1.74. The Hall–Kier alpha value is -3.60. The molecule has 0 saturated carbocycles. The Labute approximate surface area is 170 Å². The van der Waals surface area contributed by atoms with Crippen LogP contribution >= 0.6 is 0 Å². The van der Waals surface area contributed by atoms with Crippen LogP contribution in [0.5, 0.6) is 5.75 Å². The molecule has 0 radical (unpaired) electrons. The van der Waals surface area contributed by atoms with Gasteiger partial charge >= 0.3 is 5.97 Å². The SMILES string of the molecule is COc1ccc(NC(=O)C(OC(=O)Cc2ccc(C)cc2)c2ccccc2)cc1. The van der Waals surface area contributed by atoms with E-state index in [9.17, 15) is 9.59 Å². The number of esters is 1. The van der Waals surface area contributed by atoms with Crippen molar-refractivity contribution in [1.82, 2.24) is 0 Å². The maximum atomic E-state index is 12.9. The minimum Gasteiger partial charge on any atom is -0.497 e. The zero-order chi connectivity index (χ0) is 20.6. The van der Waals surface area contributed by atoms with Gasteiger partial charge in [0, 0.05) is 11.3 Å². The first kappa shape index (κ1) is 20.1. The molecule has 5 heteroatoms. The van der Waals surface area contributed by atoms with Crippen LogP contribution in [0.3, 0.4) is 0 Å². The van der Waals surface area contributed by atoms with Crippen LogP contribution in [0.25, 0.3) is 0 Å². The van der Waals surface area contributed by atoms with Gasteiger partial charge in [-0.2, -0.15) is 0 Å². The second-order valence-corrected chi connectivity index (χ2v) is 6.66. The summed E-state index contributed by atoms with van der Waals surface area (Å²) in [5.41, 5.74) is 3.15. The molecule has 0 aliphatic heterocycles. The molecule has 0 heterocycles. The van der Waals surface area contributed by atoms with E-state index in [1.807, 2.05) is 37.3 Å². The lowest BCUT2D eigenvalue weighted by molar-refractivity contribution is -0.154. The van der Waals surface area contributed by atoms with Gasteiger partial charge < -0.3 is 14.8 Å². The van der Waals surface area contributed by atoms with Crippen molar-refractivity contribution in [3.05, 3.63) is 95.6 Å². The third-order valence-corrected chi connectivity index (χ3v) is 4.42. The molecule has 1 amide bonds. The van der Waals surface area contributed by atoms with Gasteiger partial charge in [0.25, 0.3) is 5.91 Å². The first-order valence-electron chi connectivity index (χ1n) is 9.30. The van der Waals surface area contributed by atoms with Gasteiger partial charge in [0.15, 0.2) is 0 Å². The summed E-state index contributed by atoms with van der Waals surface area (Å²) in [5.74, 6) is -0.196. The Morgan fingerprint density at radius 2 is 1.55 bits per heavy atom. The van der Waals surface area contributed by atoms with Crippen molar-refractivity contribution in [2.75, 3.05) is 12.4 Å². The van der Waals surface area contributed by atoms with Crippen LogP contribution in [0.1, 0.15) is 22.8 Å². The number of benzene rings is 3. The van der Waals surface area contributed by atoms with E-state index in [0.717, 1.165) is 11.1 Å². The van der Waals surface area contributed by atoms with Crippen LogP contribution in [-0.2, 0) is 20.7 Å². The molecule has 0 saturated heterocycles. The Bertz CT molecular complexity index is 950. The first-order chi connectivity index (χ1) is 14.0. The molecule has 0 fully saturated rings. The zero-order valence-electron chi connectivity index (χ0n) is 16.4. The van der Waals surface area contributed by atoms with Crippen molar-refractivity contribution in [2.24, 2.45) is 0 Å². The van der Waals surface area contributed by atoms with Crippen LogP contribution < -0.4 is 10.1 Å². The van der Waals surface area contributed by atoms with E-state index >= 15 is 0 Å². The molecule has 0 bridgehead atoms. The number of anilines is 1. The molecule has 1 atom stereocenters.